The van der Waals surface area contributed by atoms with Gasteiger partial charge >= 0.3 is 0 Å². The van der Waals surface area contributed by atoms with Crippen molar-refractivity contribution in [3.8, 4) is 11.4 Å². The highest BCUT2D eigenvalue weighted by atomic mass is 16.5. The van der Waals surface area contributed by atoms with Crippen LogP contribution in [0.25, 0.3) is 11.4 Å². The molecule has 18 heavy (non-hydrogen) atoms. The highest BCUT2D eigenvalue weighted by molar-refractivity contribution is 5.70. The molecule has 0 aliphatic rings. The zero-order valence-electron chi connectivity index (χ0n) is 10.7. The lowest BCUT2D eigenvalue weighted by Gasteiger charge is -2.14. The maximum Gasteiger partial charge on any atom is 0.107 e. The molecule has 0 saturated heterocycles. The van der Waals surface area contributed by atoms with Crippen molar-refractivity contribution in [1.29, 1.82) is 0 Å². The van der Waals surface area contributed by atoms with Gasteiger partial charge in [0, 0.05) is 26.0 Å². The molecule has 2 rings (SSSR count). The quantitative estimate of drug-likeness (QED) is 0.821. The minimum atomic E-state index is 0.324. The van der Waals surface area contributed by atoms with Gasteiger partial charge in [-0.15, -0.1) is 0 Å². The van der Waals surface area contributed by atoms with Gasteiger partial charge in [0.1, 0.15) is 5.69 Å². The van der Waals surface area contributed by atoms with E-state index in [-0.39, 0.29) is 0 Å². The normalized spacial score (nSPS) is 12.3. The Balaban J connectivity index is 2.09. The third-order valence-corrected chi connectivity index (χ3v) is 2.72. The Morgan fingerprint density at radius 2 is 2.33 bits per heavy atom. The van der Waals surface area contributed by atoms with E-state index in [1.165, 1.54) is 0 Å². The van der Waals surface area contributed by atoms with Crippen LogP contribution in [0.4, 0.5) is 5.69 Å². The van der Waals surface area contributed by atoms with Gasteiger partial charge in [-0.2, -0.15) is 5.10 Å². The number of hydrogen-bond acceptors (Lipinski definition) is 4. The third-order valence-electron chi connectivity index (χ3n) is 2.72. The fraction of sp³-hybridized carbons (Fsp3) is 0.385. The molecule has 96 valence electrons. The molecule has 2 N–H and O–H groups in total. The summed E-state index contributed by atoms with van der Waals surface area (Å²) in [4.78, 5) is 4.32. The summed E-state index contributed by atoms with van der Waals surface area (Å²) in [5, 5.41) is 10.5. The zero-order chi connectivity index (χ0) is 12.8. The van der Waals surface area contributed by atoms with Crippen LogP contribution in [0.3, 0.4) is 0 Å². The Morgan fingerprint density at radius 3 is 3.06 bits per heavy atom. The minimum Gasteiger partial charge on any atom is -0.385 e. The fourth-order valence-corrected chi connectivity index (χ4v) is 1.73. The van der Waals surface area contributed by atoms with Gasteiger partial charge in [0.05, 0.1) is 17.6 Å². The van der Waals surface area contributed by atoms with Crippen LogP contribution < -0.4 is 5.32 Å². The second-order valence-electron chi connectivity index (χ2n) is 4.20. The van der Waals surface area contributed by atoms with Crippen molar-refractivity contribution in [2.45, 2.75) is 19.4 Å². The van der Waals surface area contributed by atoms with E-state index in [1.54, 1.807) is 19.5 Å². The number of rotatable bonds is 6. The number of H-pyrrole nitrogens is 1. The molecule has 2 aromatic rings. The van der Waals surface area contributed by atoms with Crippen LogP contribution in [0.5, 0.6) is 0 Å². The van der Waals surface area contributed by atoms with Crippen LogP contribution in [0, 0.1) is 0 Å². The van der Waals surface area contributed by atoms with Crippen LogP contribution in [-0.4, -0.2) is 34.9 Å². The molecule has 0 aliphatic carbocycles. The monoisotopic (exact) mass is 246 g/mol. The van der Waals surface area contributed by atoms with Crippen molar-refractivity contribution in [2.24, 2.45) is 0 Å². The fourth-order valence-electron chi connectivity index (χ4n) is 1.73. The standard InChI is InChI=1S/C13H18N4O/c1-10(6-8-18-2)16-12-9-15-17-13(12)11-5-3-4-7-14-11/h3-5,7,9-10,16H,6,8H2,1-2H3,(H,15,17). The first-order chi connectivity index (χ1) is 8.81. The Kier molecular flexibility index (Phi) is 4.30. The van der Waals surface area contributed by atoms with Gasteiger partial charge in [-0.05, 0) is 25.5 Å². The molecule has 0 aromatic carbocycles. The SMILES string of the molecule is COCCC(C)Nc1cn[nH]c1-c1ccccn1. The van der Waals surface area contributed by atoms with E-state index >= 15 is 0 Å². The van der Waals surface area contributed by atoms with Gasteiger partial charge in [0.25, 0.3) is 0 Å². The van der Waals surface area contributed by atoms with E-state index < -0.39 is 0 Å². The highest BCUT2D eigenvalue weighted by Gasteiger charge is 2.10. The van der Waals surface area contributed by atoms with E-state index in [0.717, 1.165) is 30.1 Å². The summed E-state index contributed by atoms with van der Waals surface area (Å²) < 4.78 is 5.07. The van der Waals surface area contributed by atoms with Crippen molar-refractivity contribution < 1.29 is 4.74 Å². The number of hydrogen-bond donors (Lipinski definition) is 2. The first-order valence-corrected chi connectivity index (χ1v) is 6.01. The summed E-state index contributed by atoms with van der Waals surface area (Å²) in [5.74, 6) is 0. The Morgan fingerprint density at radius 1 is 1.44 bits per heavy atom. The molecule has 2 aromatic heterocycles. The summed E-state index contributed by atoms with van der Waals surface area (Å²) in [6.07, 6.45) is 4.50. The van der Waals surface area contributed by atoms with Crippen molar-refractivity contribution in [3.05, 3.63) is 30.6 Å². The highest BCUT2D eigenvalue weighted by Crippen LogP contribution is 2.23. The van der Waals surface area contributed by atoms with Crippen LogP contribution in [0.2, 0.25) is 0 Å². The first kappa shape index (κ1) is 12.6. The molecule has 0 fully saturated rings. The molecule has 0 aliphatic heterocycles. The van der Waals surface area contributed by atoms with Gasteiger partial charge in [-0.25, -0.2) is 0 Å². The summed E-state index contributed by atoms with van der Waals surface area (Å²) in [6.45, 7) is 2.86. The summed E-state index contributed by atoms with van der Waals surface area (Å²) in [5.41, 5.74) is 2.77. The van der Waals surface area contributed by atoms with Crippen molar-refractivity contribution in [2.75, 3.05) is 19.0 Å². The maximum atomic E-state index is 5.07. The topological polar surface area (TPSA) is 62.8 Å². The van der Waals surface area contributed by atoms with E-state index in [9.17, 15) is 0 Å². The van der Waals surface area contributed by atoms with Gasteiger partial charge < -0.3 is 10.1 Å². The van der Waals surface area contributed by atoms with Crippen LogP contribution >= 0.6 is 0 Å². The molecule has 0 radical (unpaired) electrons. The largest absolute Gasteiger partial charge is 0.385 e. The number of methoxy groups -OCH3 is 1. The molecule has 0 spiro atoms. The predicted molar refractivity (Wildman–Crippen MR) is 71.4 cm³/mol. The Hall–Kier alpha value is -1.88. The lowest BCUT2D eigenvalue weighted by Crippen LogP contribution is -2.17. The Labute approximate surface area is 107 Å². The van der Waals surface area contributed by atoms with E-state index in [4.69, 9.17) is 4.74 Å². The lowest BCUT2D eigenvalue weighted by atomic mass is 10.2. The van der Waals surface area contributed by atoms with Crippen molar-refractivity contribution in [3.63, 3.8) is 0 Å². The summed E-state index contributed by atoms with van der Waals surface area (Å²) in [6, 6.07) is 6.14. The van der Waals surface area contributed by atoms with Gasteiger partial charge in [0.2, 0.25) is 0 Å². The predicted octanol–water partition coefficient (Wildman–Crippen LogP) is 2.31. The summed E-state index contributed by atoms with van der Waals surface area (Å²) >= 11 is 0. The van der Waals surface area contributed by atoms with Gasteiger partial charge in [-0.1, -0.05) is 6.07 Å². The molecular formula is C13H18N4O. The molecule has 2 heterocycles. The van der Waals surface area contributed by atoms with Crippen molar-refractivity contribution in [1.82, 2.24) is 15.2 Å². The van der Waals surface area contributed by atoms with E-state index in [2.05, 4.69) is 27.4 Å². The van der Waals surface area contributed by atoms with E-state index in [0.29, 0.717) is 6.04 Å². The molecule has 0 bridgehead atoms. The third kappa shape index (κ3) is 3.07. The summed E-state index contributed by atoms with van der Waals surface area (Å²) in [7, 11) is 1.71. The van der Waals surface area contributed by atoms with Crippen LogP contribution in [-0.2, 0) is 4.74 Å². The second-order valence-corrected chi connectivity index (χ2v) is 4.20. The van der Waals surface area contributed by atoms with Crippen LogP contribution in [0.15, 0.2) is 30.6 Å². The number of aromatic amines is 1. The molecule has 1 atom stereocenters. The average Bonchev–Trinajstić information content (AvgIpc) is 2.85. The number of nitrogens with one attached hydrogen (secondary N) is 2. The zero-order valence-corrected chi connectivity index (χ0v) is 10.7. The molecular weight excluding hydrogens is 228 g/mol. The van der Waals surface area contributed by atoms with E-state index in [1.807, 2.05) is 18.2 Å². The minimum absolute atomic E-state index is 0.324. The van der Waals surface area contributed by atoms with Crippen LogP contribution in [0.1, 0.15) is 13.3 Å². The maximum absolute atomic E-state index is 5.07. The number of pyridine rings is 1. The van der Waals surface area contributed by atoms with Gasteiger partial charge in [0.15, 0.2) is 0 Å². The Bertz CT molecular complexity index is 469. The molecule has 5 heteroatoms. The van der Waals surface area contributed by atoms with Crippen molar-refractivity contribution >= 4 is 5.69 Å². The second kappa shape index (κ2) is 6.16. The molecule has 0 amide bonds. The smallest absolute Gasteiger partial charge is 0.107 e. The average molecular weight is 246 g/mol. The first-order valence-electron chi connectivity index (χ1n) is 6.01. The molecule has 1 unspecified atom stereocenters. The number of ether oxygens (including phenoxy) is 1. The molecule has 5 nitrogen and oxygen atoms in total. The number of anilines is 1. The number of aromatic nitrogens is 3. The molecule has 0 saturated carbocycles. The van der Waals surface area contributed by atoms with Gasteiger partial charge in [-0.3, -0.25) is 10.1 Å². The lowest BCUT2D eigenvalue weighted by molar-refractivity contribution is 0.191. The number of nitrogens with zero attached hydrogens (tertiary/aromatic N) is 2.